The van der Waals surface area contributed by atoms with E-state index < -0.39 is 0 Å². The lowest BCUT2D eigenvalue weighted by Gasteiger charge is -2.18. The minimum Gasteiger partial charge on any atom is -0.464 e. The predicted molar refractivity (Wildman–Crippen MR) is 74.7 cm³/mol. The number of para-hydroxylation sites is 1. The molecule has 0 aliphatic heterocycles. The molecule has 98 valence electrons. The second kappa shape index (κ2) is 4.71. The van der Waals surface area contributed by atoms with Crippen LogP contribution < -0.4 is 0 Å². The van der Waals surface area contributed by atoms with Crippen molar-refractivity contribution in [3.05, 3.63) is 36.1 Å². The molecule has 3 nitrogen and oxygen atoms in total. The number of rotatable bonds is 5. The molecule has 1 aromatic heterocycles. The smallest absolute Gasteiger partial charge is 0.134 e. The van der Waals surface area contributed by atoms with Gasteiger partial charge >= 0.3 is 0 Å². The molecule has 1 aliphatic carbocycles. The summed E-state index contributed by atoms with van der Waals surface area (Å²) in [5, 5.41) is 10.3. The zero-order chi connectivity index (χ0) is 13.3. The highest BCUT2D eigenvalue weighted by molar-refractivity contribution is 5.80. The standard InChI is InChI=1S/C16H18N2O/c1-18(12-16(11-17)7-8-16)9-6-13-10-19-15-5-3-2-4-14(13)15/h2-5,10H,6-9,12H2,1H3. The molecule has 0 bridgehead atoms. The van der Waals surface area contributed by atoms with Crippen LogP contribution >= 0.6 is 0 Å². The zero-order valence-electron chi connectivity index (χ0n) is 11.2. The summed E-state index contributed by atoms with van der Waals surface area (Å²) in [7, 11) is 2.10. The van der Waals surface area contributed by atoms with Crippen LogP contribution in [0.2, 0.25) is 0 Å². The Labute approximate surface area is 113 Å². The van der Waals surface area contributed by atoms with Crippen LogP contribution in [0.15, 0.2) is 34.9 Å². The van der Waals surface area contributed by atoms with Crippen LogP contribution in [0.1, 0.15) is 18.4 Å². The van der Waals surface area contributed by atoms with E-state index in [4.69, 9.17) is 9.68 Å². The first-order valence-corrected chi connectivity index (χ1v) is 6.77. The first kappa shape index (κ1) is 12.3. The van der Waals surface area contributed by atoms with E-state index in [-0.39, 0.29) is 5.41 Å². The largest absolute Gasteiger partial charge is 0.464 e. The third-order valence-corrected chi connectivity index (χ3v) is 3.99. The quantitative estimate of drug-likeness (QED) is 0.822. The highest BCUT2D eigenvalue weighted by atomic mass is 16.3. The molecule has 0 saturated heterocycles. The van der Waals surface area contributed by atoms with E-state index >= 15 is 0 Å². The van der Waals surface area contributed by atoms with Crippen LogP contribution in [-0.2, 0) is 6.42 Å². The average Bonchev–Trinajstić information content (AvgIpc) is 3.08. The highest BCUT2D eigenvalue weighted by Crippen LogP contribution is 2.45. The molecule has 0 amide bonds. The lowest BCUT2D eigenvalue weighted by Crippen LogP contribution is -2.28. The zero-order valence-corrected chi connectivity index (χ0v) is 11.2. The summed E-state index contributed by atoms with van der Waals surface area (Å²) in [6.07, 6.45) is 4.94. The number of hydrogen-bond donors (Lipinski definition) is 0. The third kappa shape index (κ3) is 2.50. The minimum atomic E-state index is -0.0484. The SMILES string of the molecule is CN(CCc1coc2ccccc12)CC1(C#N)CC1. The molecule has 1 saturated carbocycles. The Hall–Kier alpha value is -1.79. The highest BCUT2D eigenvalue weighted by Gasteiger charge is 2.43. The summed E-state index contributed by atoms with van der Waals surface area (Å²) in [5.74, 6) is 0. The van der Waals surface area contributed by atoms with E-state index in [1.165, 1.54) is 10.9 Å². The molecule has 0 spiro atoms. The van der Waals surface area contributed by atoms with Gasteiger partial charge in [0, 0.05) is 18.5 Å². The number of likely N-dealkylation sites (N-methyl/N-ethyl adjacent to an activating group) is 1. The van der Waals surface area contributed by atoms with Crippen molar-refractivity contribution in [2.45, 2.75) is 19.3 Å². The third-order valence-electron chi connectivity index (χ3n) is 3.99. The van der Waals surface area contributed by atoms with Gasteiger partial charge in [-0.25, -0.2) is 0 Å². The Balaban J connectivity index is 1.62. The summed E-state index contributed by atoms with van der Waals surface area (Å²) in [5.41, 5.74) is 2.16. The van der Waals surface area contributed by atoms with Crippen LogP contribution in [-0.4, -0.2) is 25.0 Å². The van der Waals surface area contributed by atoms with E-state index in [0.717, 1.165) is 37.9 Å². The molecule has 3 rings (SSSR count). The number of nitriles is 1. The van der Waals surface area contributed by atoms with Gasteiger partial charge in [-0.15, -0.1) is 0 Å². The van der Waals surface area contributed by atoms with E-state index in [9.17, 15) is 0 Å². The van der Waals surface area contributed by atoms with Crippen molar-refractivity contribution in [3.63, 3.8) is 0 Å². The normalized spacial score (nSPS) is 16.7. The van der Waals surface area contributed by atoms with Crippen molar-refractivity contribution in [1.82, 2.24) is 4.90 Å². The molecular weight excluding hydrogens is 236 g/mol. The van der Waals surface area contributed by atoms with Crippen LogP contribution in [0.5, 0.6) is 0 Å². The Kier molecular flexibility index (Phi) is 3.04. The van der Waals surface area contributed by atoms with Gasteiger partial charge in [0.05, 0.1) is 17.7 Å². The summed E-state index contributed by atoms with van der Waals surface area (Å²) >= 11 is 0. The number of fused-ring (bicyclic) bond motifs is 1. The van der Waals surface area contributed by atoms with E-state index in [1.807, 2.05) is 24.5 Å². The summed E-state index contributed by atoms with van der Waals surface area (Å²) < 4.78 is 5.54. The van der Waals surface area contributed by atoms with Gasteiger partial charge < -0.3 is 9.32 Å². The first-order valence-electron chi connectivity index (χ1n) is 6.77. The Morgan fingerprint density at radius 2 is 2.16 bits per heavy atom. The molecule has 0 radical (unpaired) electrons. The molecule has 3 heteroatoms. The molecule has 1 aromatic carbocycles. The van der Waals surface area contributed by atoms with Gasteiger partial charge in [-0.2, -0.15) is 5.26 Å². The minimum absolute atomic E-state index is 0.0484. The molecular formula is C16H18N2O. The Morgan fingerprint density at radius 3 is 2.89 bits per heavy atom. The average molecular weight is 254 g/mol. The Bertz CT molecular complexity index is 619. The maximum absolute atomic E-state index is 9.11. The maximum atomic E-state index is 9.11. The lowest BCUT2D eigenvalue weighted by atomic mass is 10.1. The summed E-state index contributed by atoms with van der Waals surface area (Å²) in [4.78, 5) is 2.26. The molecule has 2 aromatic rings. The van der Waals surface area contributed by atoms with Crippen molar-refractivity contribution in [2.24, 2.45) is 5.41 Å². The molecule has 19 heavy (non-hydrogen) atoms. The van der Waals surface area contributed by atoms with E-state index in [1.54, 1.807) is 0 Å². The van der Waals surface area contributed by atoms with E-state index in [0.29, 0.717) is 0 Å². The van der Waals surface area contributed by atoms with Gasteiger partial charge in [-0.3, -0.25) is 0 Å². The van der Waals surface area contributed by atoms with Gasteiger partial charge in [-0.05, 0) is 37.9 Å². The molecule has 0 N–H and O–H groups in total. The predicted octanol–water partition coefficient (Wildman–Crippen LogP) is 3.21. The number of nitrogens with zero attached hydrogens (tertiary/aromatic N) is 2. The van der Waals surface area contributed by atoms with Crippen molar-refractivity contribution in [2.75, 3.05) is 20.1 Å². The topological polar surface area (TPSA) is 40.2 Å². The van der Waals surface area contributed by atoms with Gasteiger partial charge in [-0.1, -0.05) is 18.2 Å². The van der Waals surface area contributed by atoms with Gasteiger partial charge in [0.1, 0.15) is 5.58 Å². The molecule has 1 aliphatic rings. The van der Waals surface area contributed by atoms with Crippen molar-refractivity contribution in [3.8, 4) is 6.07 Å². The fourth-order valence-corrected chi connectivity index (χ4v) is 2.59. The van der Waals surface area contributed by atoms with Crippen LogP contribution in [0.4, 0.5) is 0 Å². The second-order valence-electron chi connectivity index (χ2n) is 5.64. The van der Waals surface area contributed by atoms with Crippen molar-refractivity contribution in [1.29, 1.82) is 5.26 Å². The fourth-order valence-electron chi connectivity index (χ4n) is 2.59. The van der Waals surface area contributed by atoms with Gasteiger partial charge in [0.15, 0.2) is 0 Å². The van der Waals surface area contributed by atoms with Crippen molar-refractivity contribution < 1.29 is 4.42 Å². The van der Waals surface area contributed by atoms with Crippen LogP contribution in [0, 0.1) is 16.7 Å². The summed E-state index contributed by atoms with van der Waals surface area (Å²) in [6.45, 7) is 1.85. The number of benzene rings is 1. The molecule has 0 atom stereocenters. The van der Waals surface area contributed by atoms with Crippen LogP contribution in [0.25, 0.3) is 11.0 Å². The van der Waals surface area contributed by atoms with Gasteiger partial charge in [0.2, 0.25) is 0 Å². The fraction of sp³-hybridized carbons (Fsp3) is 0.438. The lowest BCUT2D eigenvalue weighted by molar-refractivity contribution is 0.297. The summed E-state index contributed by atoms with van der Waals surface area (Å²) in [6, 6.07) is 10.6. The number of hydrogen-bond acceptors (Lipinski definition) is 3. The second-order valence-corrected chi connectivity index (χ2v) is 5.64. The van der Waals surface area contributed by atoms with Crippen LogP contribution in [0.3, 0.4) is 0 Å². The molecule has 0 unspecified atom stereocenters. The van der Waals surface area contributed by atoms with E-state index in [2.05, 4.69) is 24.1 Å². The number of furan rings is 1. The van der Waals surface area contributed by atoms with Crippen molar-refractivity contribution >= 4 is 11.0 Å². The Morgan fingerprint density at radius 1 is 1.37 bits per heavy atom. The maximum Gasteiger partial charge on any atom is 0.134 e. The molecule has 1 fully saturated rings. The monoisotopic (exact) mass is 254 g/mol. The first-order chi connectivity index (χ1) is 9.22. The van der Waals surface area contributed by atoms with Gasteiger partial charge in [0.25, 0.3) is 0 Å². The molecule has 1 heterocycles.